The molecule has 1 aromatic rings. The van der Waals surface area contributed by atoms with E-state index in [9.17, 15) is 5.11 Å². The molecule has 2 N–H and O–H groups in total. The number of rotatable bonds is 11. The maximum atomic E-state index is 9.87. The van der Waals surface area contributed by atoms with Gasteiger partial charge in [0.05, 0.1) is 24.3 Å². The van der Waals surface area contributed by atoms with Crippen LogP contribution in [0.2, 0.25) is 0 Å². The first kappa shape index (κ1) is 18.3. The standard InChI is InChI=1S/C16H26BrNO3/c1-3-4-5-6-9-21-12-14(19)11-18-13-7-8-15(17)16(10-13)20-2/h7-8,10,14,18-19H,3-6,9,11-12H2,1-2H3. The zero-order chi connectivity index (χ0) is 15.5. The number of ether oxygens (including phenoxy) is 2. The van der Waals surface area contributed by atoms with Gasteiger partial charge in [-0.05, 0) is 34.5 Å². The van der Waals surface area contributed by atoms with E-state index in [-0.39, 0.29) is 0 Å². The molecule has 0 radical (unpaired) electrons. The number of unbranched alkanes of at least 4 members (excludes halogenated alkanes) is 3. The second-order valence-electron chi connectivity index (χ2n) is 5.02. The highest BCUT2D eigenvalue weighted by Gasteiger charge is 2.06. The van der Waals surface area contributed by atoms with Gasteiger partial charge >= 0.3 is 0 Å². The molecule has 0 heterocycles. The Labute approximate surface area is 136 Å². The van der Waals surface area contributed by atoms with Gasteiger partial charge in [-0.3, -0.25) is 0 Å². The number of halogens is 1. The van der Waals surface area contributed by atoms with Crippen LogP contribution in [0.4, 0.5) is 5.69 Å². The molecule has 120 valence electrons. The van der Waals surface area contributed by atoms with Crippen molar-refractivity contribution in [1.29, 1.82) is 0 Å². The zero-order valence-corrected chi connectivity index (χ0v) is 14.5. The predicted molar refractivity (Wildman–Crippen MR) is 90.2 cm³/mol. The van der Waals surface area contributed by atoms with Crippen molar-refractivity contribution in [2.24, 2.45) is 0 Å². The summed E-state index contributed by atoms with van der Waals surface area (Å²) in [5.74, 6) is 0.765. The Kier molecular flexibility index (Phi) is 9.46. The first-order valence-corrected chi connectivity index (χ1v) is 8.30. The van der Waals surface area contributed by atoms with Crippen LogP contribution in [0.1, 0.15) is 32.6 Å². The fourth-order valence-corrected chi connectivity index (χ4v) is 2.32. The molecular weight excluding hydrogens is 334 g/mol. The van der Waals surface area contributed by atoms with E-state index in [1.807, 2.05) is 18.2 Å². The third-order valence-electron chi connectivity index (χ3n) is 3.15. The average molecular weight is 360 g/mol. The number of aliphatic hydroxyl groups is 1. The fourth-order valence-electron chi connectivity index (χ4n) is 1.91. The molecule has 21 heavy (non-hydrogen) atoms. The van der Waals surface area contributed by atoms with Crippen molar-refractivity contribution in [3.8, 4) is 5.75 Å². The molecule has 5 heteroatoms. The Morgan fingerprint density at radius 1 is 1.29 bits per heavy atom. The van der Waals surface area contributed by atoms with E-state index >= 15 is 0 Å². The highest BCUT2D eigenvalue weighted by molar-refractivity contribution is 9.10. The Balaban J connectivity index is 2.19. The SMILES string of the molecule is CCCCCCOCC(O)CNc1ccc(Br)c(OC)c1. The lowest BCUT2D eigenvalue weighted by Gasteiger charge is -2.14. The molecule has 0 amide bonds. The molecule has 0 spiro atoms. The van der Waals surface area contributed by atoms with E-state index in [0.29, 0.717) is 13.2 Å². The molecule has 1 aromatic carbocycles. The molecule has 0 aromatic heterocycles. The number of hydrogen-bond donors (Lipinski definition) is 2. The molecule has 0 saturated heterocycles. The zero-order valence-electron chi connectivity index (χ0n) is 12.9. The first-order valence-electron chi connectivity index (χ1n) is 7.50. The van der Waals surface area contributed by atoms with Gasteiger partial charge in [0.15, 0.2) is 0 Å². The molecule has 1 atom stereocenters. The van der Waals surface area contributed by atoms with Crippen molar-refractivity contribution >= 4 is 21.6 Å². The minimum Gasteiger partial charge on any atom is -0.495 e. The minimum atomic E-state index is -0.509. The van der Waals surface area contributed by atoms with Gasteiger partial charge in [-0.1, -0.05) is 26.2 Å². The molecule has 0 aliphatic carbocycles. The number of nitrogens with one attached hydrogen (secondary N) is 1. The fraction of sp³-hybridized carbons (Fsp3) is 0.625. The molecule has 0 aliphatic rings. The Hall–Kier alpha value is -0.780. The Bertz CT molecular complexity index is 401. The van der Waals surface area contributed by atoms with Crippen LogP contribution >= 0.6 is 15.9 Å². The van der Waals surface area contributed by atoms with Crippen molar-refractivity contribution in [1.82, 2.24) is 0 Å². The Morgan fingerprint density at radius 2 is 2.10 bits per heavy atom. The van der Waals surface area contributed by atoms with Crippen LogP contribution in [-0.4, -0.2) is 38.1 Å². The van der Waals surface area contributed by atoms with Crippen molar-refractivity contribution < 1.29 is 14.6 Å². The number of anilines is 1. The van der Waals surface area contributed by atoms with Crippen molar-refractivity contribution in [3.63, 3.8) is 0 Å². The lowest BCUT2D eigenvalue weighted by Crippen LogP contribution is -2.25. The van der Waals surface area contributed by atoms with Crippen molar-refractivity contribution in [2.75, 3.05) is 32.2 Å². The quantitative estimate of drug-likeness (QED) is 0.589. The summed E-state index contributed by atoms with van der Waals surface area (Å²) in [6, 6.07) is 5.74. The lowest BCUT2D eigenvalue weighted by molar-refractivity contribution is 0.0417. The summed E-state index contributed by atoms with van der Waals surface area (Å²) in [4.78, 5) is 0. The van der Waals surface area contributed by atoms with Gasteiger partial charge in [0, 0.05) is 24.9 Å². The summed E-state index contributed by atoms with van der Waals surface area (Å²) in [5.41, 5.74) is 0.914. The molecular formula is C16H26BrNO3. The van der Waals surface area contributed by atoms with E-state index in [0.717, 1.165) is 28.9 Å². The van der Waals surface area contributed by atoms with Crippen LogP contribution in [0.3, 0.4) is 0 Å². The second-order valence-corrected chi connectivity index (χ2v) is 5.87. The summed E-state index contributed by atoms with van der Waals surface area (Å²) in [5, 5.41) is 13.0. The third-order valence-corrected chi connectivity index (χ3v) is 3.80. The monoisotopic (exact) mass is 359 g/mol. The van der Waals surface area contributed by atoms with Crippen LogP contribution in [0.15, 0.2) is 22.7 Å². The van der Waals surface area contributed by atoms with Gasteiger partial charge in [0.1, 0.15) is 5.75 Å². The summed E-state index contributed by atoms with van der Waals surface area (Å²) < 4.78 is 11.6. The summed E-state index contributed by atoms with van der Waals surface area (Å²) in [6.07, 6.45) is 4.23. The summed E-state index contributed by atoms with van der Waals surface area (Å²) in [7, 11) is 1.63. The molecule has 0 bridgehead atoms. The number of methoxy groups -OCH3 is 1. The van der Waals surface area contributed by atoms with Gasteiger partial charge in [0.25, 0.3) is 0 Å². The smallest absolute Gasteiger partial charge is 0.135 e. The van der Waals surface area contributed by atoms with Gasteiger partial charge < -0.3 is 19.9 Å². The van der Waals surface area contributed by atoms with Crippen LogP contribution in [0, 0.1) is 0 Å². The van der Waals surface area contributed by atoms with Gasteiger partial charge in [-0.25, -0.2) is 0 Å². The topological polar surface area (TPSA) is 50.7 Å². The van der Waals surface area contributed by atoms with E-state index < -0.39 is 6.10 Å². The van der Waals surface area contributed by atoms with Crippen LogP contribution < -0.4 is 10.1 Å². The number of aliphatic hydroxyl groups excluding tert-OH is 1. The third kappa shape index (κ3) is 7.69. The van der Waals surface area contributed by atoms with E-state index in [2.05, 4.69) is 28.2 Å². The van der Waals surface area contributed by atoms with Gasteiger partial charge in [0.2, 0.25) is 0 Å². The average Bonchev–Trinajstić information content (AvgIpc) is 2.50. The second kappa shape index (κ2) is 10.9. The van der Waals surface area contributed by atoms with Crippen LogP contribution in [0.25, 0.3) is 0 Å². The molecule has 4 nitrogen and oxygen atoms in total. The molecule has 0 fully saturated rings. The molecule has 1 rings (SSSR count). The number of benzene rings is 1. The van der Waals surface area contributed by atoms with E-state index in [1.165, 1.54) is 19.3 Å². The van der Waals surface area contributed by atoms with E-state index in [4.69, 9.17) is 9.47 Å². The highest BCUT2D eigenvalue weighted by Crippen LogP contribution is 2.27. The van der Waals surface area contributed by atoms with Gasteiger partial charge in [-0.2, -0.15) is 0 Å². The summed E-state index contributed by atoms with van der Waals surface area (Å²) in [6.45, 7) is 3.74. The maximum Gasteiger partial charge on any atom is 0.135 e. The number of hydrogen-bond acceptors (Lipinski definition) is 4. The van der Waals surface area contributed by atoms with Crippen molar-refractivity contribution in [2.45, 2.75) is 38.7 Å². The Morgan fingerprint density at radius 3 is 2.81 bits per heavy atom. The normalized spacial score (nSPS) is 12.2. The van der Waals surface area contributed by atoms with Gasteiger partial charge in [-0.15, -0.1) is 0 Å². The lowest BCUT2D eigenvalue weighted by atomic mass is 10.2. The van der Waals surface area contributed by atoms with Crippen LogP contribution in [-0.2, 0) is 4.74 Å². The molecule has 0 aliphatic heterocycles. The first-order chi connectivity index (χ1) is 10.2. The summed E-state index contributed by atoms with van der Waals surface area (Å²) >= 11 is 3.41. The van der Waals surface area contributed by atoms with Crippen LogP contribution in [0.5, 0.6) is 5.75 Å². The maximum absolute atomic E-state index is 9.87. The molecule has 0 saturated carbocycles. The predicted octanol–water partition coefficient (Wildman–Crippen LogP) is 3.83. The van der Waals surface area contributed by atoms with E-state index in [1.54, 1.807) is 7.11 Å². The minimum absolute atomic E-state index is 0.368. The molecule has 1 unspecified atom stereocenters. The van der Waals surface area contributed by atoms with Crippen molar-refractivity contribution in [3.05, 3.63) is 22.7 Å². The largest absolute Gasteiger partial charge is 0.495 e. The highest BCUT2D eigenvalue weighted by atomic mass is 79.9.